The van der Waals surface area contributed by atoms with E-state index in [0.717, 1.165) is 38.4 Å². The van der Waals surface area contributed by atoms with Gasteiger partial charge in [-0.05, 0) is 49.8 Å². The molecule has 184 valence electrons. The minimum atomic E-state index is -3.33. The zero-order valence-corrected chi connectivity index (χ0v) is 20.7. The minimum Gasteiger partial charge on any atom is -0.381 e. The Labute approximate surface area is 205 Å². The molecule has 1 amide bonds. The number of pyridine rings is 2. The maximum atomic E-state index is 12.8. The minimum absolute atomic E-state index is 0.174. The molecule has 0 aliphatic carbocycles. The standard InChI is InChI=1S/C23H30ClN5O4S/c1-34(31,32)29-9-3-4-17(15-29)23(30)28-22-12-18(19(24)14-26-22)20-5-2-6-21(27-20)25-13-16-7-10-33-11-8-16/h2,5-6,12,14,16-17H,3-4,7-11,13,15H2,1H3,(H,25,27)(H,26,28,30)/t17-/m0/s1. The first-order valence-electron chi connectivity index (χ1n) is 11.5. The van der Waals surface area contributed by atoms with Crippen LogP contribution in [0.25, 0.3) is 11.3 Å². The van der Waals surface area contributed by atoms with E-state index in [1.807, 2.05) is 18.2 Å². The number of aromatic nitrogens is 2. The molecule has 2 aliphatic rings. The highest BCUT2D eigenvalue weighted by Crippen LogP contribution is 2.29. The highest BCUT2D eigenvalue weighted by molar-refractivity contribution is 7.88. The van der Waals surface area contributed by atoms with Crippen LogP contribution in [-0.2, 0) is 19.6 Å². The maximum Gasteiger partial charge on any atom is 0.229 e. The number of sulfonamides is 1. The Morgan fingerprint density at radius 1 is 1.24 bits per heavy atom. The third-order valence-corrected chi connectivity index (χ3v) is 7.84. The first-order chi connectivity index (χ1) is 16.3. The van der Waals surface area contributed by atoms with E-state index in [0.29, 0.717) is 47.4 Å². The van der Waals surface area contributed by atoms with Gasteiger partial charge in [-0.15, -0.1) is 0 Å². The quantitative estimate of drug-likeness (QED) is 0.591. The number of rotatable bonds is 7. The van der Waals surface area contributed by atoms with Gasteiger partial charge < -0.3 is 15.4 Å². The Hall–Kier alpha value is -2.27. The zero-order chi connectivity index (χ0) is 24.1. The van der Waals surface area contributed by atoms with Crippen molar-refractivity contribution in [2.45, 2.75) is 25.7 Å². The Balaban J connectivity index is 1.44. The van der Waals surface area contributed by atoms with Gasteiger partial charge in [0.25, 0.3) is 0 Å². The second kappa shape index (κ2) is 11.0. The third kappa shape index (κ3) is 6.44. The Bertz CT molecular complexity index is 1120. The molecule has 11 heteroatoms. The van der Waals surface area contributed by atoms with Gasteiger partial charge in [-0.2, -0.15) is 0 Å². The summed E-state index contributed by atoms with van der Waals surface area (Å²) in [5.74, 6) is 0.979. The monoisotopic (exact) mass is 507 g/mol. The number of hydrogen-bond donors (Lipinski definition) is 2. The molecule has 0 unspecified atom stereocenters. The summed E-state index contributed by atoms with van der Waals surface area (Å²) >= 11 is 6.41. The third-order valence-electron chi connectivity index (χ3n) is 6.27. The van der Waals surface area contributed by atoms with Gasteiger partial charge in [0.2, 0.25) is 15.9 Å². The van der Waals surface area contributed by atoms with Crippen LogP contribution in [0, 0.1) is 11.8 Å². The molecular formula is C23H30ClN5O4S. The molecule has 0 aromatic carbocycles. The van der Waals surface area contributed by atoms with E-state index >= 15 is 0 Å². The van der Waals surface area contributed by atoms with Crippen LogP contribution in [0.3, 0.4) is 0 Å². The summed E-state index contributed by atoms with van der Waals surface area (Å²) < 4.78 is 30.5. The number of halogens is 1. The van der Waals surface area contributed by atoms with E-state index in [2.05, 4.69) is 15.6 Å². The van der Waals surface area contributed by atoms with Crippen molar-refractivity contribution in [2.24, 2.45) is 11.8 Å². The fourth-order valence-corrected chi connectivity index (χ4v) is 5.38. The van der Waals surface area contributed by atoms with Crippen molar-refractivity contribution in [1.82, 2.24) is 14.3 Å². The predicted molar refractivity (Wildman–Crippen MR) is 132 cm³/mol. The number of anilines is 2. The molecule has 2 aliphatic heterocycles. The fraction of sp³-hybridized carbons (Fsp3) is 0.522. The normalized spacial score (nSPS) is 20.1. The zero-order valence-electron chi connectivity index (χ0n) is 19.2. The number of piperidine rings is 1. The highest BCUT2D eigenvalue weighted by Gasteiger charge is 2.30. The average molecular weight is 508 g/mol. The lowest BCUT2D eigenvalue weighted by Crippen LogP contribution is -2.43. The van der Waals surface area contributed by atoms with Gasteiger partial charge in [0.1, 0.15) is 11.6 Å². The molecule has 2 saturated heterocycles. The summed E-state index contributed by atoms with van der Waals surface area (Å²) in [4.78, 5) is 21.8. The van der Waals surface area contributed by atoms with Crippen LogP contribution in [-0.4, -0.2) is 67.7 Å². The molecule has 4 heterocycles. The lowest BCUT2D eigenvalue weighted by molar-refractivity contribution is -0.120. The molecule has 2 N–H and O–H groups in total. The number of hydrogen-bond acceptors (Lipinski definition) is 7. The lowest BCUT2D eigenvalue weighted by Gasteiger charge is -2.30. The van der Waals surface area contributed by atoms with Crippen LogP contribution >= 0.6 is 11.6 Å². The molecule has 2 aromatic rings. The number of carbonyl (C=O) groups excluding carboxylic acids is 1. The van der Waals surface area contributed by atoms with E-state index in [4.69, 9.17) is 21.3 Å². The van der Waals surface area contributed by atoms with E-state index in [-0.39, 0.29) is 12.5 Å². The lowest BCUT2D eigenvalue weighted by atomic mass is 9.99. The number of ether oxygens (including phenoxy) is 1. The Kier molecular flexibility index (Phi) is 8.02. The molecule has 0 saturated carbocycles. The summed E-state index contributed by atoms with van der Waals surface area (Å²) in [5, 5.41) is 6.64. The average Bonchev–Trinajstić information content (AvgIpc) is 2.84. The first kappa shape index (κ1) is 24.8. The summed E-state index contributed by atoms with van der Waals surface area (Å²) in [7, 11) is -3.33. The van der Waals surface area contributed by atoms with Crippen molar-refractivity contribution in [3.63, 3.8) is 0 Å². The predicted octanol–water partition coefficient (Wildman–Crippen LogP) is 3.25. The van der Waals surface area contributed by atoms with Crippen molar-refractivity contribution >= 4 is 39.2 Å². The maximum absolute atomic E-state index is 12.8. The van der Waals surface area contributed by atoms with Gasteiger partial charge in [0, 0.05) is 44.6 Å². The van der Waals surface area contributed by atoms with E-state index in [9.17, 15) is 13.2 Å². The molecule has 2 fully saturated rings. The number of amides is 1. The van der Waals surface area contributed by atoms with Gasteiger partial charge >= 0.3 is 0 Å². The molecule has 34 heavy (non-hydrogen) atoms. The number of nitrogens with zero attached hydrogens (tertiary/aromatic N) is 3. The van der Waals surface area contributed by atoms with Crippen LogP contribution in [0.1, 0.15) is 25.7 Å². The van der Waals surface area contributed by atoms with Crippen molar-refractivity contribution in [1.29, 1.82) is 0 Å². The second-order valence-electron chi connectivity index (χ2n) is 8.84. The molecule has 0 spiro atoms. The Morgan fingerprint density at radius 2 is 2.03 bits per heavy atom. The topological polar surface area (TPSA) is 114 Å². The van der Waals surface area contributed by atoms with E-state index < -0.39 is 15.9 Å². The molecule has 4 rings (SSSR count). The molecule has 0 bridgehead atoms. The van der Waals surface area contributed by atoms with E-state index in [1.165, 1.54) is 16.8 Å². The fourth-order valence-electron chi connectivity index (χ4n) is 4.27. The molecular weight excluding hydrogens is 478 g/mol. The van der Waals surface area contributed by atoms with Gasteiger partial charge in [-0.25, -0.2) is 22.7 Å². The number of nitrogens with one attached hydrogen (secondary N) is 2. The second-order valence-corrected chi connectivity index (χ2v) is 11.2. The summed E-state index contributed by atoms with van der Waals surface area (Å²) in [5.41, 5.74) is 1.32. The highest BCUT2D eigenvalue weighted by atomic mass is 35.5. The summed E-state index contributed by atoms with van der Waals surface area (Å²) in [6.07, 6.45) is 5.99. The van der Waals surface area contributed by atoms with Crippen molar-refractivity contribution < 1.29 is 17.9 Å². The molecule has 0 radical (unpaired) electrons. The number of carbonyl (C=O) groups is 1. The van der Waals surface area contributed by atoms with Crippen LogP contribution in [0.5, 0.6) is 0 Å². The van der Waals surface area contributed by atoms with Gasteiger partial charge in [0.15, 0.2) is 0 Å². The molecule has 9 nitrogen and oxygen atoms in total. The summed E-state index contributed by atoms with van der Waals surface area (Å²) in [6.45, 7) is 3.04. The molecule has 2 aromatic heterocycles. The van der Waals surface area contributed by atoms with Gasteiger partial charge in [0.05, 0.1) is 22.9 Å². The van der Waals surface area contributed by atoms with Crippen LogP contribution in [0.15, 0.2) is 30.5 Å². The van der Waals surface area contributed by atoms with Crippen molar-refractivity contribution in [2.75, 3.05) is 49.7 Å². The SMILES string of the molecule is CS(=O)(=O)N1CCC[C@H](C(=O)Nc2cc(-c3cccc(NCC4CCOCC4)n3)c(Cl)cn2)C1. The van der Waals surface area contributed by atoms with Crippen molar-refractivity contribution in [3.05, 3.63) is 35.5 Å². The van der Waals surface area contributed by atoms with Gasteiger partial charge in [-0.1, -0.05) is 17.7 Å². The van der Waals surface area contributed by atoms with Crippen molar-refractivity contribution in [3.8, 4) is 11.3 Å². The first-order valence-corrected chi connectivity index (χ1v) is 13.7. The summed E-state index contributed by atoms with van der Waals surface area (Å²) in [6, 6.07) is 7.38. The Morgan fingerprint density at radius 3 is 2.79 bits per heavy atom. The van der Waals surface area contributed by atoms with Gasteiger partial charge in [-0.3, -0.25) is 4.79 Å². The van der Waals surface area contributed by atoms with Crippen LogP contribution in [0.4, 0.5) is 11.6 Å². The largest absolute Gasteiger partial charge is 0.381 e. The van der Waals surface area contributed by atoms with E-state index in [1.54, 1.807) is 6.07 Å². The smallest absolute Gasteiger partial charge is 0.229 e. The molecule has 1 atom stereocenters. The van der Waals surface area contributed by atoms with Crippen LogP contribution < -0.4 is 10.6 Å². The van der Waals surface area contributed by atoms with Crippen LogP contribution in [0.2, 0.25) is 5.02 Å².